The Morgan fingerprint density at radius 3 is 2.92 bits per heavy atom. The Labute approximate surface area is 141 Å². The number of alkyl halides is 3. The lowest BCUT2D eigenvalue weighted by Crippen LogP contribution is -2.23. The second kappa shape index (κ2) is 7.04. The van der Waals surface area contributed by atoms with Gasteiger partial charge in [-0.3, -0.25) is 0 Å². The van der Waals surface area contributed by atoms with E-state index in [1.807, 2.05) is 0 Å². The second-order valence-electron chi connectivity index (χ2n) is 5.64. The first-order chi connectivity index (χ1) is 11.9. The number of guanidine groups is 1. The summed E-state index contributed by atoms with van der Waals surface area (Å²) in [7, 11) is 0. The molecule has 6 nitrogen and oxygen atoms in total. The third-order valence-corrected chi connectivity index (χ3v) is 3.77. The summed E-state index contributed by atoms with van der Waals surface area (Å²) in [5.41, 5.74) is 7.96. The second-order valence-corrected chi connectivity index (χ2v) is 5.64. The standard InChI is InChI=1S/C16H17F3N4O2/c17-16(18,19)24-11-5-3-4-10(8-11)22-15(20)21-9-13-12-6-1-2-7-14(12)25-23-13/h3-5,8H,1-2,6-7,9H2,(H3,20,21,22). The summed E-state index contributed by atoms with van der Waals surface area (Å²) >= 11 is 0. The topological polar surface area (TPSA) is 85.7 Å². The first-order valence-electron chi connectivity index (χ1n) is 7.80. The highest BCUT2D eigenvalue weighted by atomic mass is 19.4. The Kier molecular flexibility index (Phi) is 4.82. The molecular weight excluding hydrogens is 337 g/mol. The van der Waals surface area contributed by atoms with Crippen LogP contribution < -0.4 is 15.8 Å². The summed E-state index contributed by atoms with van der Waals surface area (Å²) in [6.45, 7) is 0.246. The van der Waals surface area contributed by atoms with Gasteiger partial charge in [-0.15, -0.1) is 13.2 Å². The predicted octanol–water partition coefficient (Wildman–Crippen LogP) is 3.38. The third kappa shape index (κ3) is 4.65. The quantitative estimate of drug-likeness (QED) is 0.649. The molecule has 0 amide bonds. The SMILES string of the molecule is NC(=NCc1noc2c1CCCC2)Nc1cccc(OC(F)(F)F)c1. The largest absolute Gasteiger partial charge is 0.573 e. The lowest BCUT2D eigenvalue weighted by atomic mass is 9.96. The third-order valence-electron chi connectivity index (χ3n) is 3.77. The van der Waals surface area contributed by atoms with E-state index in [4.69, 9.17) is 10.3 Å². The predicted molar refractivity (Wildman–Crippen MR) is 85.2 cm³/mol. The van der Waals surface area contributed by atoms with Gasteiger partial charge in [-0.25, -0.2) is 4.99 Å². The van der Waals surface area contributed by atoms with Gasteiger partial charge in [-0.1, -0.05) is 11.2 Å². The van der Waals surface area contributed by atoms with Crippen LogP contribution in [0.3, 0.4) is 0 Å². The number of nitrogens with one attached hydrogen (secondary N) is 1. The summed E-state index contributed by atoms with van der Waals surface area (Å²) in [6, 6.07) is 5.37. The Morgan fingerprint density at radius 2 is 2.12 bits per heavy atom. The number of anilines is 1. The number of rotatable bonds is 4. The van der Waals surface area contributed by atoms with E-state index in [2.05, 4.69) is 20.2 Å². The van der Waals surface area contributed by atoms with Crippen LogP contribution in [0.5, 0.6) is 5.75 Å². The minimum atomic E-state index is -4.75. The average molecular weight is 354 g/mol. The van der Waals surface area contributed by atoms with Gasteiger partial charge in [0.1, 0.15) is 17.2 Å². The van der Waals surface area contributed by atoms with Gasteiger partial charge in [-0.05, 0) is 31.4 Å². The Hall–Kier alpha value is -2.71. The summed E-state index contributed by atoms with van der Waals surface area (Å²) < 4.78 is 45.9. The number of nitrogens with two attached hydrogens (primary N) is 1. The first kappa shape index (κ1) is 17.1. The molecule has 0 radical (unpaired) electrons. The summed E-state index contributed by atoms with van der Waals surface area (Å²) in [5.74, 6) is 0.632. The minimum absolute atomic E-state index is 0.0664. The first-order valence-corrected chi connectivity index (χ1v) is 7.80. The van der Waals surface area contributed by atoms with Crippen LogP contribution in [0.25, 0.3) is 0 Å². The van der Waals surface area contributed by atoms with Crippen molar-refractivity contribution in [2.75, 3.05) is 5.32 Å². The zero-order valence-corrected chi connectivity index (χ0v) is 13.3. The number of ether oxygens (including phenoxy) is 1. The molecule has 0 fully saturated rings. The Balaban J connectivity index is 1.64. The van der Waals surface area contributed by atoms with Gasteiger partial charge in [0.25, 0.3) is 0 Å². The van der Waals surface area contributed by atoms with E-state index < -0.39 is 6.36 Å². The van der Waals surface area contributed by atoms with Crippen LogP contribution in [-0.4, -0.2) is 17.5 Å². The molecule has 0 bridgehead atoms. The molecule has 0 unspecified atom stereocenters. The maximum Gasteiger partial charge on any atom is 0.573 e. The van der Waals surface area contributed by atoms with Gasteiger partial charge < -0.3 is 20.3 Å². The van der Waals surface area contributed by atoms with Gasteiger partial charge in [0.05, 0.1) is 6.54 Å². The molecule has 0 aliphatic heterocycles. The van der Waals surface area contributed by atoms with Crippen molar-refractivity contribution in [3.63, 3.8) is 0 Å². The number of hydrogen-bond donors (Lipinski definition) is 2. The van der Waals surface area contributed by atoms with Crippen molar-refractivity contribution in [1.82, 2.24) is 5.16 Å². The molecule has 134 valence electrons. The maximum atomic E-state index is 12.2. The Bertz CT molecular complexity index is 771. The summed E-state index contributed by atoms with van der Waals surface area (Å²) in [6.07, 6.45) is -0.778. The maximum absolute atomic E-state index is 12.2. The van der Waals surface area contributed by atoms with Crippen LogP contribution in [0.1, 0.15) is 29.9 Å². The molecule has 0 spiro atoms. The monoisotopic (exact) mass is 354 g/mol. The number of aliphatic imine (C=N–C) groups is 1. The zero-order valence-electron chi connectivity index (χ0n) is 13.3. The molecule has 9 heteroatoms. The van der Waals surface area contributed by atoms with Gasteiger partial charge in [0.2, 0.25) is 0 Å². The molecule has 25 heavy (non-hydrogen) atoms. The number of aryl methyl sites for hydroxylation is 1. The smallest absolute Gasteiger partial charge is 0.406 e. The van der Waals surface area contributed by atoms with E-state index in [9.17, 15) is 13.2 Å². The van der Waals surface area contributed by atoms with Crippen molar-refractivity contribution >= 4 is 11.6 Å². The van der Waals surface area contributed by atoms with Crippen molar-refractivity contribution in [3.8, 4) is 5.75 Å². The molecule has 0 saturated heterocycles. The minimum Gasteiger partial charge on any atom is -0.406 e. The van der Waals surface area contributed by atoms with Crippen LogP contribution in [-0.2, 0) is 19.4 Å². The molecule has 1 aromatic heterocycles. The van der Waals surface area contributed by atoms with E-state index in [0.29, 0.717) is 5.69 Å². The van der Waals surface area contributed by atoms with Gasteiger partial charge in [-0.2, -0.15) is 0 Å². The number of nitrogens with zero attached hydrogens (tertiary/aromatic N) is 2. The van der Waals surface area contributed by atoms with E-state index in [1.54, 1.807) is 6.07 Å². The van der Waals surface area contributed by atoms with Crippen molar-refractivity contribution in [2.45, 2.75) is 38.6 Å². The van der Waals surface area contributed by atoms with E-state index in [0.717, 1.165) is 42.7 Å². The fraction of sp³-hybridized carbons (Fsp3) is 0.375. The van der Waals surface area contributed by atoms with Crippen molar-refractivity contribution in [1.29, 1.82) is 0 Å². The zero-order chi connectivity index (χ0) is 17.9. The fourth-order valence-corrected chi connectivity index (χ4v) is 2.69. The number of halogens is 3. The van der Waals surface area contributed by atoms with Crippen molar-refractivity contribution in [2.24, 2.45) is 10.7 Å². The molecule has 2 aromatic rings. The average Bonchev–Trinajstić information content (AvgIpc) is 2.95. The molecule has 0 saturated carbocycles. The Morgan fingerprint density at radius 1 is 1.32 bits per heavy atom. The number of fused-ring (bicyclic) bond motifs is 1. The van der Waals surface area contributed by atoms with Crippen LogP contribution in [0.15, 0.2) is 33.8 Å². The van der Waals surface area contributed by atoms with E-state index >= 15 is 0 Å². The van der Waals surface area contributed by atoms with Crippen LogP contribution >= 0.6 is 0 Å². The number of aromatic nitrogens is 1. The lowest BCUT2D eigenvalue weighted by Gasteiger charge is -2.11. The summed E-state index contributed by atoms with van der Waals surface area (Å²) in [4.78, 5) is 4.17. The molecule has 3 N–H and O–H groups in total. The molecule has 1 aromatic carbocycles. The van der Waals surface area contributed by atoms with Gasteiger partial charge >= 0.3 is 6.36 Å². The number of benzene rings is 1. The van der Waals surface area contributed by atoms with Crippen molar-refractivity contribution in [3.05, 3.63) is 41.3 Å². The normalized spacial score (nSPS) is 14.9. The fourth-order valence-electron chi connectivity index (χ4n) is 2.69. The highest BCUT2D eigenvalue weighted by molar-refractivity contribution is 5.92. The molecular formula is C16H17F3N4O2. The van der Waals surface area contributed by atoms with Gasteiger partial charge in [0, 0.05) is 23.7 Å². The van der Waals surface area contributed by atoms with E-state index in [1.165, 1.54) is 18.2 Å². The van der Waals surface area contributed by atoms with Crippen molar-refractivity contribution < 1.29 is 22.4 Å². The summed E-state index contributed by atoms with van der Waals surface area (Å²) in [5, 5.41) is 6.75. The molecule has 1 heterocycles. The highest BCUT2D eigenvalue weighted by Gasteiger charge is 2.31. The van der Waals surface area contributed by atoms with Crippen LogP contribution in [0.2, 0.25) is 0 Å². The molecule has 1 aliphatic rings. The molecule has 1 aliphatic carbocycles. The van der Waals surface area contributed by atoms with Crippen LogP contribution in [0, 0.1) is 0 Å². The van der Waals surface area contributed by atoms with E-state index in [-0.39, 0.29) is 18.3 Å². The molecule has 0 atom stereocenters. The van der Waals surface area contributed by atoms with Gasteiger partial charge in [0.15, 0.2) is 5.96 Å². The number of hydrogen-bond acceptors (Lipinski definition) is 4. The highest BCUT2D eigenvalue weighted by Crippen LogP contribution is 2.26. The lowest BCUT2D eigenvalue weighted by molar-refractivity contribution is -0.274. The molecule has 3 rings (SSSR count). The van der Waals surface area contributed by atoms with Crippen LogP contribution in [0.4, 0.5) is 18.9 Å².